The number of amides is 1. The van der Waals surface area contributed by atoms with E-state index in [1.807, 2.05) is 32.9 Å². The number of imidazole rings is 1. The predicted octanol–water partition coefficient (Wildman–Crippen LogP) is 5.96. The number of rotatable bonds is 3. The van der Waals surface area contributed by atoms with E-state index in [1.54, 1.807) is 11.3 Å². The van der Waals surface area contributed by atoms with Gasteiger partial charge >= 0.3 is 6.09 Å². The molecule has 0 unspecified atom stereocenters. The third-order valence-corrected chi connectivity index (χ3v) is 6.37. The minimum absolute atomic E-state index is 0.334. The first-order valence-corrected chi connectivity index (χ1v) is 10.6. The van der Waals surface area contributed by atoms with Gasteiger partial charge in [-0.15, -0.1) is 11.3 Å². The highest BCUT2D eigenvalue weighted by Gasteiger charge is 2.45. The van der Waals surface area contributed by atoms with Gasteiger partial charge in [-0.3, -0.25) is 0 Å². The van der Waals surface area contributed by atoms with Crippen molar-refractivity contribution in [3.05, 3.63) is 39.9 Å². The number of ether oxygens (including phenoxy) is 1. The monoisotopic (exact) mass is 447 g/mol. The van der Waals surface area contributed by atoms with Crippen LogP contribution in [0.5, 0.6) is 0 Å². The maximum atomic E-state index is 12.3. The lowest BCUT2D eigenvalue weighted by molar-refractivity contribution is -0.0608. The van der Waals surface area contributed by atoms with E-state index in [1.165, 1.54) is 4.88 Å². The summed E-state index contributed by atoms with van der Waals surface area (Å²) in [6.07, 6.45) is 2.20. The molecule has 27 heavy (non-hydrogen) atoms. The molecular formula is C20H22BrN3O2S. The van der Waals surface area contributed by atoms with Crippen molar-refractivity contribution in [1.29, 1.82) is 0 Å². The largest absolute Gasteiger partial charge is 0.435 e. The van der Waals surface area contributed by atoms with Gasteiger partial charge in [-0.1, -0.05) is 6.07 Å². The van der Waals surface area contributed by atoms with Gasteiger partial charge < -0.3 is 15.0 Å². The standard InChI is InChI=1S/C20H22BrN3O2S/c1-19(2,3)24-18(25)26-20(9-4-10-20)17-22-13-6-5-12(11-14(13)23-17)15-7-8-16(21)27-15/h5-8,11H,4,9-10H2,1-3H3,(H,22,23)(H,24,25). The molecule has 1 fully saturated rings. The second-order valence-corrected chi connectivity index (χ2v) is 10.5. The van der Waals surface area contributed by atoms with Crippen molar-refractivity contribution in [3.8, 4) is 10.4 Å². The number of H-pyrrole nitrogens is 1. The number of nitrogens with zero attached hydrogens (tertiary/aromatic N) is 1. The molecule has 1 aliphatic rings. The summed E-state index contributed by atoms with van der Waals surface area (Å²) in [6.45, 7) is 5.81. The van der Waals surface area contributed by atoms with Crippen LogP contribution in [0.25, 0.3) is 21.5 Å². The average molecular weight is 448 g/mol. The van der Waals surface area contributed by atoms with E-state index in [9.17, 15) is 4.79 Å². The molecular weight excluding hydrogens is 426 g/mol. The zero-order valence-electron chi connectivity index (χ0n) is 15.6. The Labute approximate surface area is 170 Å². The molecule has 1 aliphatic carbocycles. The minimum Gasteiger partial charge on any atom is -0.435 e. The van der Waals surface area contributed by atoms with Gasteiger partial charge in [0, 0.05) is 10.4 Å². The fourth-order valence-corrected chi connectivity index (χ4v) is 4.62. The number of thiophene rings is 1. The Kier molecular flexibility index (Phi) is 4.55. The van der Waals surface area contributed by atoms with E-state index >= 15 is 0 Å². The molecule has 0 radical (unpaired) electrons. The van der Waals surface area contributed by atoms with Crippen molar-refractivity contribution in [2.75, 3.05) is 0 Å². The van der Waals surface area contributed by atoms with Gasteiger partial charge in [-0.25, -0.2) is 9.78 Å². The van der Waals surface area contributed by atoms with Crippen LogP contribution < -0.4 is 5.32 Å². The third kappa shape index (κ3) is 3.75. The highest BCUT2D eigenvalue weighted by molar-refractivity contribution is 9.11. The Bertz CT molecular complexity index is 998. The summed E-state index contributed by atoms with van der Waals surface area (Å²) in [5.41, 5.74) is 2.00. The average Bonchev–Trinajstić information content (AvgIpc) is 3.14. The van der Waals surface area contributed by atoms with Crippen LogP contribution in [0.1, 0.15) is 45.9 Å². The van der Waals surface area contributed by atoms with Gasteiger partial charge in [-0.05, 0) is 85.8 Å². The number of benzene rings is 1. The number of halogens is 1. The molecule has 142 valence electrons. The van der Waals surface area contributed by atoms with E-state index in [0.717, 1.165) is 45.5 Å². The number of aromatic nitrogens is 2. The Morgan fingerprint density at radius 1 is 1.30 bits per heavy atom. The van der Waals surface area contributed by atoms with Crippen LogP contribution in [0.4, 0.5) is 4.79 Å². The highest BCUT2D eigenvalue weighted by Crippen LogP contribution is 2.44. The SMILES string of the molecule is CC(C)(C)NC(=O)OC1(c2nc3ccc(-c4ccc(Br)s4)cc3[nH]2)CCC1. The van der Waals surface area contributed by atoms with Crippen molar-refractivity contribution >= 4 is 44.4 Å². The lowest BCUT2D eigenvalue weighted by atomic mass is 9.79. The van der Waals surface area contributed by atoms with Gasteiger partial charge in [-0.2, -0.15) is 0 Å². The molecule has 1 saturated carbocycles. The fourth-order valence-electron chi connectivity index (χ4n) is 3.24. The second kappa shape index (κ2) is 6.63. The maximum Gasteiger partial charge on any atom is 0.408 e. The number of hydrogen-bond acceptors (Lipinski definition) is 4. The minimum atomic E-state index is -0.652. The van der Waals surface area contributed by atoms with Crippen LogP contribution >= 0.6 is 27.3 Å². The molecule has 7 heteroatoms. The molecule has 2 heterocycles. The van der Waals surface area contributed by atoms with Crippen LogP contribution in [0.2, 0.25) is 0 Å². The van der Waals surface area contributed by atoms with Gasteiger partial charge in [0.05, 0.1) is 14.8 Å². The van der Waals surface area contributed by atoms with Crippen LogP contribution in [-0.4, -0.2) is 21.6 Å². The summed E-state index contributed by atoms with van der Waals surface area (Å²) < 4.78 is 6.94. The zero-order valence-corrected chi connectivity index (χ0v) is 18.0. The van der Waals surface area contributed by atoms with E-state index in [-0.39, 0.29) is 5.54 Å². The van der Waals surface area contributed by atoms with Crippen LogP contribution in [-0.2, 0) is 10.3 Å². The Morgan fingerprint density at radius 2 is 2.07 bits per heavy atom. The summed E-state index contributed by atoms with van der Waals surface area (Å²) in [5.74, 6) is 0.734. The van der Waals surface area contributed by atoms with Gasteiger partial charge in [0.2, 0.25) is 0 Å². The number of nitrogens with one attached hydrogen (secondary N) is 2. The Hall–Kier alpha value is -1.86. The molecule has 0 bridgehead atoms. The molecule has 2 aromatic heterocycles. The number of alkyl carbamates (subject to hydrolysis) is 1. The molecule has 1 amide bonds. The number of aromatic amines is 1. The van der Waals surface area contributed by atoms with Crippen LogP contribution in [0.3, 0.4) is 0 Å². The van der Waals surface area contributed by atoms with Crippen molar-refractivity contribution in [1.82, 2.24) is 15.3 Å². The molecule has 0 saturated heterocycles. The van der Waals surface area contributed by atoms with Crippen molar-refractivity contribution < 1.29 is 9.53 Å². The molecule has 1 aromatic carbocycles. The third-order valence-electron chi connectivity index (χ3n) is 4.70. The van der Waals surface area contributed by atoms with Gasteiger partial charge in [0.25, 0.3) is 0 Å². The van der Waals surface area contributed by atoms with Gasteiger partial charge in [0.15, 0.2) is 11.4 Å². The smallest absolute Gasteiger partial charge is 0.408 e. The number of fused-ring (bicyclic) bond motifs is 1. The second-order valence-electron chi connectivity index (χ2n) is 8.03. The summed E-state index contributed by atoms with van der Waals surface area (Å²) in [7, 11) is 0. The van der Waals surface area contributed by atoms with Gasteiger partial charge in [0.1, 0.15) is 0 Å². The quantitative estimate of drug-likeness (QED) is 0.520. The van der Waals surface area contributed by atoms with E-state index in [2.05, 4.69) is 44.4 Å². The number of carbonyl (C=O) groups is 1. The zero-order chi connectivity index (χ0) is 19.2. The first-order chi connectivity index (χ1) is 12.7. The molecule has 4 rings (SSSR count). The Balaban J connectivity index is 1.63. The fraction of sp³-hybridized carbons (Fsp3) is 0.400. The first-order valence-electron chi connectivity index (χ1n) is 9.01. The number of carbonyl (C=O) groups excluding carboxylic acids is 1. The van der Waals surface area contributed by atoms with E-state index in [0.29, 0.717) is 0 Å². The molecule has 5 nitrogen and oxygen atoms in total. The maximum absolute atomic E-state index is 12.3. The molecule has 0 aliphatic heterocycles. The lowest BCUT2D eigenvalue weighted by Gasteiger charge is -2.39. The highest BCUT2D eigenvalue weighted by atomic mass is 79.9. The summed E-state index contributed by atoms with van der Waals surface area (Å²) >= 11 is 5.21. The molecule has 2 N–H and O–H groups in total. The summed E-state index contributed by atoms with van der Waals surface area (Å²) in [6, 6.07) is 10.3. The van der Waals surface area contributed by atoms with E-state index < -0.39 is 11.7 Å². The molecule has 0 atom stereocenters. The number of hydrogen-bond donors (Lipinski definition) is 2. The van der Waals surface area contributed by atoms with Crippen molar-refractivity contribution in [3.63, 3.8) is 0 Å². The van der Waals surface area contributed by atoms with Crippen LogP contribution in [0, 0.1) is 0 Å². The molecule has 0 spiro atoms. The normalized spacial score (nSPS) is 16.1. The molecule has 3 aromatic rings. The van der Waals surface area contributed by atoms with Crippen molar-refractivity contribution in [2.24, 2.45) is 0 Å². The predicted molar refractivity (Wildman–Crippen MR) is 112 cm³/mol. The van der Waals surface area contributed by atoms with Crippen molar-refractivity contribution in [2.45, 2.75) is 51.2 Å². The van der Waals surface area contributed by atoms with E-state index in [4.69, 9.17) is 9.72 Å². The topological polar surface area (TPSA) is 67.0 Å². The Morgan fingerprint density at radius 3 is 2.67 bits per heavy atom. The summed E-state index contributed by atoms with van der Waals surface area (Å²) in [5, 5.41) is 2.87. The van der Waals surface area contributed by atoms with Crippen LogP contribution in [0.15, 0.2) is 34.1 Å². The summed E-state index contributed by atoms with van der Waals surface area (Å²) in [4.78, 5) is 21.6. The first kappa shape index (κ1) is 18.5. The lowest BCUT2D eigenvalue weighted by Crippen LogP contribution is -2.47.